The molecule has 9 heteroatoms. The molecule has 2 saturated heterocycles. The fourth-order valence-electron chi connectivity index (χ4n) is 3.41. The lowest BCUT2D eigenvalue weighted by Crippen LogP contribution is -2.64. The molecule has 2 N–H and O–H groups in total. The van der Waals surface area contributed by atoms with Crippen molar-refractivity contribution in [3.8, 4) is 0 Å². The zero-order valence-electron chi connectivity index (χ0n) is 14.8. The fraction of sp³-hybridized carbons (Fsp3) is 0.588. The number of rotatable bonds is 3. The van der Waals surface area contributed by atoms with Crippen LogP contribution in [0.2, 0.25) is 5.02 Å². The number of piperidine rings is 1. The number of carbonyl (C=O) groups excluding carboxylic acids is 1. The molecule has 2 aliphatic heterocycles. The van der Waals surface area contributed by atoms with Crippen LogP contribution in [0.5, 0.6) is 0 Å². The van der Waals surface area contributed by atoms with Gasteiger partial charge in [0.1, 0.15) is 0 Å². The van der Waals surface area contributed by atoms with E-state index >= 15 is 0 Å². The van der Waals surface area contributed by atoms with E-state index in [2.05, 4.69) is 10.6 Å². The lowest BCUT2D eigenvalue weighted by Gasteiger charge is -2.40. The maximum Gasteiger partial charge on any atom is 0.318 e. The minimum absolute atomic E-state index is 0.184. The maximum absolute atomic E-state index is 13.6. The zero-order chi connectivity index (χ0) is 18.8. The third-order valence-electron chi connectivity index (χ3n) is 5.00. The van der Waals surface area contributed by atoms with Crippen molar-refractivity contribution in [1.82, 2.24) is 15.5 Å². The zero-order valence-corrected chi connectivity index (χ0v) is 17.1. The molecule has 1 aromatic carbocycles. The average molecular weight is 418 g/mol. The number of benzene rings is 1. The Hall–Kier alpha value is -0.960. The molecule has 1 aromatic rings. The van der Waals surface area contributed by atoms with E-state index in [1.807, 2.05) is 0 Å². The Kier molecular flexibility index (Phi) is 6.06. The number of hydrogen-bond donors (Lipinski definition) is 2. The van der Waals surface area contributed by atoms with Gasteiger partial charge in [-0.15, -0.1) is 0 Å². The van der Waals surface area contributed by atoms with Crippen molar-refractivity contribution in [1.29, 1.82) is 0 Å². The van der Waals surface area contributed by atoms with Gasteiger partial charge in [-0.05, 0) is 44.0 Å². The van der Waals surface area contributed by atoms with E-state index in [9.17, 15) is 13.2 Å². The van der Waals surface area contributed by atoms with Crippen LogP contribution in [0.3, 0.4) is 0 Å². The van der Waals surface area contributed by atoms with Crippen LogP contribution in [-0.2, 0) is 9.84 Å². The highest BCUT2D eigenvalue weighted by atomic mass is 35.5. The van der Waals surface area contributed by atoms with E-state index in [4.69, 9.17) is 11.6 Å². The van der Waals surface area contributed by atoms with Gasteiger partial charge in [0.15, 0.2) is 4.87 Å². The molecule has 3 rings (SSSR count). The van der Waals surface area contributed by atoms with Gasteiger partial charge < -0.3 is 15.5 Å². The largest absolute Gasteiger partial charge is 0.323 e. The Labute approximate surface area is 164 Å². The molecule has 0 bridgehead atoms. The highest BCUT2D eigenvalue weighted by Crippen LogP contribution is 2.33. The molecule has 2 heterocycles. The van der Waals surface area contributed by atoms with Gasteiger partial charge in [0, 0.05) is 36.2 Å². The summed E-state index contributed by atoms with van der Waals surface area (Å²) in [5.74, 6) is 1.75. The van der Waals surface area contributed by atoms with Crippen LogP contribution in [-0.4, -0.2) is 61.9 Å². The van der Waals surface area contributed by atoms with Crippen LogP contribution in [0.25, 0.3) is 0 Å². The van der Waals surface area contributed by atoms with Crippen molar-refractivity contribution in [2.24, 2.45) is 0 Å². The monoisotopic (exact) mass is 417 g/mol. The number of nitrogens with zero attached hydrogens (tertiary/aromatic N) is 1. The summed E-state index contributed by atoms with van der Waals surface area (Å²) < 4.78 is 27.1. The van der Waals surface area contributed by atoms with Crippen molar-refractivity contribution < 1.29 is 13.2 Å². The smallest absolute Gasteiger partial charge is 0.318 e. The molecule has 1 atom stereocenters. The number of sulfone groups is 1. The Balaban J connectivity index is 1.96. The first-order valence-corrected chi connectivity index (χ1v) is 11.7. The fourth-order valence-corrected chi connectivity index (χ4v) is 6.66. The Morgan fingerprint density at radius 1 is 1.35 bits per heavy atom. The first-order chi connectivity index (χ1) is 12.4. The Morgan fingerprint density at radius 3 is 2.73 bits per heavy atom. The number of nitrogens with one attached hydrogen (secondary N) is 2. The highest BCUT2D eigenvalue weighted by molar-refractivity contribution is 7.99. The number of amides is 2. The predicted octanol–water partition coefficient (Wildman–Crippen LogP) is 2.26. The normalized spacial score (nSPS) is 24.3. The summed E-state index contributed by atoms with van der Waals surface area (Å²) in [5, 5.41) is 6.42. The predicted molar refractivity (Wildman–Crippen MR) is 106 cm³/mol. The molecule has 144 valence electrons. The molecule has 0 saturated carbocycles. The van der Waals surface area contributed by atoms with E-state index in [1.54, 1.807) is 41.8 Å². The van der Waals surface area contributed by atoms with Gasteiger partial charge >= 0.3 is 6.03 Å². The van der Waals surface area contributed by atoms with Crippen molar-refractivity contribution in [3.05, 3.63) is 28.8 Å². The molecule has 2 fully saturated rings. The van der Waals surface area contributed by atoms with E-state index in [0.29, 0.717) is 36.5 Å². The number of thioether (sulfide) groups is 1. The van der Waals surface area contributed by atoms with Crippen molar-refractivity contribution >= 4 is 39.2 Å². The lowest BCUT2D eigenvalue weighted by atomic mass is 10.1. The summed E-state index contributed by atoms with van der Waals surface area (Å²) in [6.45, 7) is 3.90. The van der Waals surface area contributed by atoms with Crippen LogP contribution in [0, 0.1) is 6.92 Å². The van der Waals surface area contributed by atoms with E-state index in [0.717, 1.165) is 18.1 Å². The molecule has 0 aliphatic carbocycles. The van der Waals surface area contributed by atoms with Crippen LogP contribution in [0.1, 0.15) is 18.4 Å². The van der Waals surface area contributed by atoms with Gasteiger partial charge in [-0.25, -0.2) is 13.2 Å². The molecule has 26 heavy (non-hydrogen) atoms. The van der Waals surface area contributed by atoms with Gasteiger partial charge in [-0.3, -0.25) is 0 Å². The second-order valence-corrected chi connectivity index (χ2v) is 10.5. The SMILES string of the molecule is Cc1c(Cl)cccc1S(=O)(=O)[C@@]1(NC(=O)N2CCSCC2)CCCNC1. The molecule has 0 radical (unpaired) electrons. The van der Waals surface area contributed by atoms with Crippen molar-refractivity contribution in [3.63, 3.8) is 0 Å². The molecular weight excluding hydrogens is 394 g/mol. The number of hydrogen-bond acceptors (Lipinski definition) is 5. The summed E-state index contributed by atoms with van der Waals surface area (Å²) in [6.07, 6.45) is 1.05. The summed E-state index contributed by atoms with van der Waals surface area (Å²) in [7, 11) is -3.82. The maximum atomic E-state index is 13.6. The molecule has 6 nitrogen and oxygen atoms in total. The van der Waals surface area contributed by atoms with Crippen LogP contribution in [0.15, 0.2) is 23.1 Å². The first-order valence-electron chi connectivity index (χ1n) is 8.73. The van der Waals surface area contributed by atoms with E-state index < -0.39 is 14.7 Å². The second-order valence-electron chi connectivity index (χ2n) is 6.67. The second kappa shape index (κ2) is 7.96. The number of halogens is 1. The van der Waals surface area contributed by atoms with Gasteiger partial charge in [0.05, 0.1) is 4.90 Å². The minimum Gasteiger partial charge on any atom is -0.323 e. The summed E-state index contributed by atoms with van der Waals surface area (Å²) in [5.41, 5.74) is 0.516. The third-order valence-corrected chi connectivity index (χ3v) is 8.85. The minimum atomic E-state index is -3.82. The standard InChI is InChI=1S/C17H24ClN3O3S2/c1-13-14(18)4-2-5-15(13)26(23,24)17(6-3-7-19-12-17)20-16(22)21-8-10-25-11-9-21/h2,4-5,19H,3,6-12H2,1H3,(H,20,22)/t17-/m0/s1. The molecule has 0 unspecified atom stereocenters. The van der Waals surface area contributed by atoms with Gasteiger partial charge in [0.2, 0.25) is 9.84 Å². The van der Waals surface area contributed by atoms with Gasteiger partial charge in [-0.1, -0.05) is 17.7 Å². The average Bonchev–Trinajstić information content (AvgIpc) is 2.65. The number of urea groups is 1. The Bertz CT molecular complexity index is 773. The Morgan fingerprint density at radius 2 is 2.08 bits per heavy atom. The summed E-state index contributed by atoms with van der Waals surface area (Å²) in [6, 6.07) is 4.57. The molecule has 0 aromatic heterocycles. The van der Waals surface area contributed by atoms with Gasteiger partial charge in [0.25, 0.3) is 0 Å². The van der Waals surface area contributed by atoms with Gasteiger partial charge in [-0.2, -0.15) is 11.8 Å². The topological polar surface area (TPSA) is 78.5 Å². The quantitative estimate of drug-likeness (QED) is 0.788. The van der Waals surface area contributed by atoms with Crippen LogP contribution in [0.4, 0.5) is 4.79 Å². The van der Waals surface area contributed by atoms with Crippen molar-refractivity contribution in [2.45, 2.75) is 29.5 Å². The first kappa shape index (κ1) is 19.8. The highest BCUT2D eigenvalue weighted by Gasteiger charge is 2.48. The molecule has 2 aliphatic rings. The van der Waals surface area contributed by atoms with Crippen LogP contribution < -0.4 is 10.6 Å². The van der Waals surface area contributed by atoms with E-state index in [1.165, 1.54) is 0 Å². The summed E-state index contributed by atoms with van der Waals surface area (Å²) >= 11 is 7.95. The van der Waals surface area contributed by atoms with Crippen LogP contribution >= 0.6 is 23.4 Å². The molecule has 2 amide bonds. The number of carbonyl (C=O) groups is 1. The third kappa shape index (κ3) is 3.69. The van der Waals surface area contributed by atoms with E-state index in [-0.39, 0.29) is 17.5 Å². The lowest BCUT2D eigenvalue weighted by molar-refractivity contribution is 0.191. The summed E-state index contributed by atoms with van der Waals surface area (Å²) in [4.78, 5) is 13.3. The molecular formula is C17H24ClN3O3S2. The molecule has 0 spiro atoms. The van der Waals surface area contributed by atoms with Crippen molar-refractivity contribution in [2.75, 3.05) is 37.7 Å².